The summed E-state index contributed by atoms with van der Waals surface area (Å²) in [5.41, 5.74) is 0.640. The molecule has 1 aliphatic carbocycles. The molecule has 34 heavy (non-hydrogen) atoms. The van der Waals surface area contributed by atoms with Crippen LogP contribution in [-0.4, -0.2) is 53.8 Å². The summed E-state index contributed by atoms with van der Waals surface area (Å²) in [4.78, 5) is 42.4. The Morgan fingerprint density at radius 3 is 2.26 bits per heavy atom. The van der Waals surface area contributed by atoms with E-state index in [1.54, 1.807) is 26.1 Å². The minimum Gasteiger partial charge on any atom is -0.490 e. The smallest absolute Gasteiger partial charge is 0.387 e. The number of likely N-dealkylation sites (tertiary alicyclic amines) is 1. The van der Waals surface area contributed by atoms with Crippen molar-refractivity contribution in [1.82, 2.24) is 9.80 Å². The maximum atomic E-state index is 13.5. The van der Waals surface area contributed by atoms with Gasteiger partial charge in [0, 0.05) is 13.6 Å². The maximum absolute atomic E-state index is 13.5. The van der Waals surface area contributed by atoms with Crippen LogP contribution >= 0.6 is 0 Å². The molecule has 1 heterocycles. The van der Waals surface area contributed by atoms with Gasteiger partial charge in [0.25, 0.3) is 0 Å². The Bertz CT molecular complexity index is 923. The van der Waals surface area contributed by atoms with E-state index in [0.717, 1.165) is 0 Å². The number of hydrogen-bond donors (Lipinski definition) is 0. The van der Waals surface area contributed by atoms with Gasteiger partial charge in [0.1, 0.15) is 6.04 Å². The highest BCUT2D eigenvalue weighted by Crippen LogP contribution is 2.37. The third kappa shape index (κ3) is 5.56. The number of carbonyl (C=O) groups excluding carboxylic acids is 3. The molecule has 1 fully saturated rings. The SMILES string of the molecule is CCOc1cc(CN(C)C(=O)C(CC(C)C)N2C(=O)C3CC=CCC3C2=O)ccc1OC(F)F. The van der Waals surface area contributed by atoms with Crippen LogP contribution < -0.4 is 9.47 Å². The second-order valence-electron chi connectivity index (χ2n) is 9.13. The topological polar surface area (TPSA) is 76.2 Å². The molecule has 2 aliphatic rings. The summed E-state index contributed by atoms with van der Waals surface area (Å²) in [7, 11) is 1.60. The molecule has 3 unspecified atom stereocenters. The average molecular weight is 479 g/mol. The molecule has 0 spiro atoms. The monoisotopic (exact) mass is 478 g/mol. The van der Waals surface area contributed by atoms with Crippen molar-refractivity contribution >= 4 is 17.7 Å². The van der Waals surface area contributed by atoms with Crippen LogP contribution in [-0.2, 0) is 20.9 Å². The standard InChI is InChI=1S/C25H32F2N2O5/c1-5-33-21-13-16(10-11-20(21)34-25(26)27)14-28(4)24(32)19(12-15(2)3)29-22(30)17-8-6-7-9-18(17)23(29)31/h6-7,10-11,13,15,17-19,25H,5,8-9,12,14H2,1-4H3. The molecule has 3 amide bonds. The molecule has 1 aliphatic heterocycles. The number of likely N-dealkylation sites (N-methyl/N-ethyl adjacent to an activating group) is 1. The van der Waals surface area contributed by atoms with Gasteiger partial charge in [-0.2, -0.15) is 8.78 Å². The number of ether oxygens (including phenoxy) is 2. The van der Waals surface area contributed by atoms with E-state index in [-0.39, 0.29) is 48.3 Å². The third-order valence-corrected chi connectivity index (χ3v) is 6.15. The molecule has 0 saturated carbocycles. The molecule has 9 heteroatoms. The van der Waals surface area contributed by atoms with Crippen molar-refractivity contribution in [3.8, 4) is 11.5 Å². The first-order valence-corrected chi connectivity index (χ1v) is 11.6. The van der Waals surface area contributed by atoms with Gasteiger partial charge in [0.15, 0.2) is 11.5 Å². The fourth-order valence-electron chi connectivity index (χ4n) is 4.61. The number of fused-ring (bicyclic) bond motifs is 1. The lowest BCUT2D eigenvalue weighted by molar-refractivity contribution is -0.152. The summed E-state index contributed by atoms with van der Waals surface area (Å²) in [5.74, 6) is -1.55. The Morgan fingerprint density at radius 2 is 1.74 bits per heavy atom. The van der Waals surface area contributed by atoms with E-state index in [2.05, 4.69) is 4.74 Å². The fraction of sp³-hybridized carbons (Fsp3) is 0.560. The van der Waals surface area contributed by atoms with Crippen LogP contribution in [0.1, 0.15) is 45.6 Å². The van der Waals surface area contributed by atoms with Crippen LogP contribution in [0.2, 0.25) is 0 Å². The number of carbonyl (C=O) groups is 3. The van der Waals surface area contributed by atoms with E-state index in [1.165, 1.54) is 15.9 Å². The highest BCUT2D eigenvalue weighted by Gasteiger charge is 2.51. The zero-order chi connectivity index (χ0) is 25.0. The van der Waals surface area contributed by atoms with Gasteiger partial charge < -0.3 is 14.4 Å². The number of hydrogen-bond acceptors (Lipinski definition) is 5. The molecule has 0 aromatic heterocycles. The van der Waals surface area contributed by atoms with Crippen LogP contribution in [0.3, 0.4) is 0 Å². The van der Waals surface area contributed by atoms with Crippen molar-refractivity contribution in [2.75, 3.05) is 13.7 Å². The lowest BCUT2D eigenvalue weighted by Gasteiger charge is -2.31. The average Bonchev–Trinajstić information content (AvgIpc) is 3.03. The number of benzene rings is 1. The van der Waals surface area contributed by atoms with E-state index < -0.39 is 24.5 Å². The highest BCUT2D eigenvalue weighted by atomic mass is 19.3. The largest absolute Gasteiger partial charge is 0.490 e. The van der Waals surface area contributed by atoms with Crippen LogP contribution in [0, 0.1) is 17.8 Å². The molecule has 1 aromatic rings. The first-order valence-electron chi connectivity index (χ1n) is 11.6. The number of halogens is 2. The predicted octanol–water partition coefficient (Wildman–Crippen LogP) is 4.01. The van der Waals surface area contributed by atoms with Crippen molar-refractivity contribution in [3.63, 3.8) is 0 Å². The van der Waals surface area contributed by atoms with Crippen molar-refractivity contribution in [2.24, 2.45) is 17.8 Å². The zero-order valence-electron chi connectivity index (χ0n) is 20.0. The van der Waals surface area contributed by atoms with Gasteiger partial charge in [0.2, 0.25) is 17.7 Å². The van der Waals surface area contributed by atoms with Crippen molar-refractivity contribution in [1.29, 1.82) is 0 Å². The third-order valence-electron chi connectivity index (χ3n) is 6.15. The van der Waals surface area contributed by atoms with Crippen LogP contribution in [0.15, 0.2) is 30.4 Å². The minimum absolute atomic E-state index is 0.0824. The summed E-state index contributed by atoms with van der Waals surface area (Å²) in [6.07, 6.45) is 5.21. The highest BCUT2D eigenvalue weighted by molar-refractivity contribution is 6.08. The van der Waals surface area contributed by atoms with Gasteiger partial charge in [0.05, 0.1) is 18.4 Å². The lowest BCUT2D eigenvalue weighted by Crippen LogP contribution is -2.50. The molecule has 0 N–H and O–H groups in total. The van der Waals surface area contributed by atoms with Crippen molar-refractivity contribution in [3.05, 3.63) is 35.9 Å². The van der Waals surface area contributed by atoms with Gasteiger partial charge in [-0.15, -0.1) is 0 Å². The zero-order valence-corrected chi connectivity index (χ0v) is 20.0. The Balaban J connectivity index is 1.80. The first-order chi connectivity index (χ1) is 16.1. The Kier molecular flexibility index (Phi) is 8.28. The van der Waals surface area contributed by atoms with E-state index in [9.17, 15) is 23.2 Å². The number of imide groups is 1. The van der Waals surface area contributed by atoms with E-state index >= 15 is 0 Å². The lowest BCUT2D eigenvalue weighted by atomic mass is 9.85. The van der Waals surface area contributed by atoms with Crippen LogP contribution in [0.4, 0.5) is 8.78 Å². The molecule has 1 saturated heterocycles. The molecule has 186 valence electrons. The van der Waals surface area contributed by atoms with Crippen LogP contribution in [0.25, 0.3) is 0 Å². The molecule has 3 atom stereocenters. The predicted molar refractivity (Wildman–Crippen MR) is 121 cm³/mol. The van der Waals surface area contributed by atoms with Crippen LogP contribution in [0.5, 0.6) is 11.5 Å². The van der Waals surface area contributed by atoms with Gasteiger partial charge >= 0.3 is 6.61 Å². The maximum Gasteiger partial charge on any atom is 0.387 e. The summed E-state index contributed by atoms with van der Waals surface area (Å²) in [6, 6.07) is 3.62. The van der Waals surface area contributed by atoms with Crippen molar-refractivity contribution < 1.29 is 32.6 Å². The van der Waals surface area contributed by atoms with Gasteiger partial charge in [-0.05, 0) is 49.8 Å². The van der Waals surface area contributed by atoms with Gasteiger partial charge in [-0.3, -0.25) is 19.3 Å². The summed E-state index contributed by atoms with van der Waals surface area (Å²) in [5, 5.41) is 0. The molecular weight excluding hydrogens is 446 g/mol. The Hall–Kier alpha value is -2.97. The fourth-order valence-corrected chi connectivity index (χ4v) is 4.61. The second-order valence-corrected chi connectivity index (χ2v) is 9.13. The van der Waals surface area contributed by atoms with Gasteiger partial charge in [-0.25, -0.2) is 0 Å². The molecule has 0 radical (unpaired) electrons. The second kappa shape index (κ2) is 11.0. The van der Waals surface area contributed by atoms with E-state index in [0.29, 0.717) is 24.8 Å². The van der Waals surface area contributed by atoms with Gasteiger partial charge in [-0.1, -0.05) is 32.1 Å². The minimum atomic E-state index is -2.99. The number of rotatable bonds is 10. The molecule has 7 nitrogen and oxygen atoms in total. The quantitative estimate of drug-likeness (QED) is 0.375. The molecular formula is C25H32F2N2O5. The normalized spacial score (nSPS) is 20.6. The summed E-state index contributed by atoms with van der Waals surface area (Å²) < 4.78 is 35.3. The first kappa shape index (κ1) is 25.6. The molecule has 0 bridgehead atoms. The Labute approximate surface area is 198 Å². The number of alkyl halides is 2. The molecule has 1 aromatic carbocycles. The van der Waals surface area contributed by atoms with E-state index in [1.807, 2.05) is 26.0 Å². The number of amides is 3. The number of nitrogens with zero attached hydrogens (tertiary/aromatic N) is 2. The summed E-state index contributed by atoms with van der Waals surface area (Å²) in [6.45, 7) is 3.02. The Morgan fingerprint density at radius 1 is 1.12 bits per heavy atom. The summed E-state index contributed by atoms with van der Waals surface area (Å²) >= 11 is 0. The van der Waals surface area contributed by atoms with E-state index in [4.69, 9.17) is 4.74 Å². The number of allylic oxidation sites excluding steroid dienone is 2. The van der Waals surface area contributed by atoms with Crippen molar-refractivity contribution in [2.45, 2.75) is 59.2 Å². The molecule has 3 rings (SSSR count).